The predicted octanol–water partition coefficient (Wildman–Crippen LogP) is 1.36. The number of rotatable bonds is 2. The Morgan fingerprint density at radius 1 is 1.30 bits per heavy atom. The first-order valence-corrected chi connectivity index (χ1v) is 6.27. The highest BCUT2D eigenvalue weighted by Crippen LogP contribution is 2.22. The van der Waals surface area contributed by atoms with Gasteiger partial charge in [0.05, 0.1) is 18.7 Å². The third kappa shape index (κ3) is 2.14. The van der Waals surface area contributed by atoms with Crippen LogP contribution in [0.3, 0.4) is 0 Å². The molecule has 1 amide bonds. The first-order chi connectivity index (χ1) is 9.66. The number of hydrogen-bond acceptors (Lipinski definition) is 4. The summed E-state index contributed by atoms with van der Waals surface area (Å²) in [5, 5.41) is 9.69. The maximum Gasteiger partial charge on any atom is 0.334 e. The van der Waals surface area contributed by atoms with Crippen LogP contribution < -0.4 is 0 Å². The summed E-state index contributed by atoms with van der Waals surface area (Å²) >= 11 is 0. The quantitative estimate of drug-likeness (QED) is 0.895. The van der Waals surface area contributed by atoms with Crippen molar-refractivity contribution in [1.29, 1.82) is 0 Å². The van der Waals surface area contributed by atoms with E-state index >= 15 is 0 Å². The minimum atomic E-state index is -1.06. The number of morpholine rings is 1. The second-order valence-corrected chi connectivity index (χ2v) is 4.59. The number of amides is 1. The van der Waals surface area contributed by atoms with Gasteiger partial charge in [-0.1, -0.05) is 18.2 Å². The van der Waals surface area contributed by atoms with Crippen molar-refractivity contribution in [3.05, 3.63) is 36.1 Å². The molecule has 1 aromatic carbocycles. The zero-order valence-corrected chi connectivity index (χ0v) is 10.6. The average Bonchev–Trinajstić information content (AvgIpc) is 2.90. The van der Waals surface area contributed by atoms with Gasteiger partial charge in [-0.15, -0.1) is 0 Å². The largest absolute Gasteiger partial charge is 0.479 e. The molecule has 0 radical (unpaired) electrons. The molecule has 1 aliphatic heterocycles. The summed E-state index contributed by atoms with van der Waals surface area (Å²) in [6.45, 7) is 0.647. The number of carbonyl (C=O) groups is 2. The van der Waals surface area contributed by atoms with Crippen molar-refractivity contribution in [1.82, 2.24) is 4.90 Å². The van der Waals surface area contributed by atoms with Gasteiger partial charge in [0.1, 0.15) is 11.8 Å². The Labute approximate surface area is 114 Å². The van der Waals surface area contributed by atoms with Crippen LogP contribution in [0.15, 0.2) is 34.9 Å². The van der Waals surface area contributed by atoms with Crippen molar-refractivity contribution in [3.8, 4) is 0 Å². The van der Waals surface area contributed by atoms with Crippen molar-refractivity contribution in [2.45, 2.75) is 6.10 Å². The van der Waals surface area contributed by atoms with Crippen molar-refractivity contribution >= 4 is 22.8 Å². The standard InChI is InChI=1S/C14H13NO5/c16-13(15-5-6-19-12(7-15)14(17)18)10-8-20-11-4-2-1-3-9(10)11/h1-4,8,12H,5-7H2,(H,17,18). The molecule has 2 aromatic rings. The SMILES string of the molecule is O=C(O)C1CN(C(=O)c2coc3ccccc23)CCO1. The molecule has 20 heavy (non-hydrogen) atoms. The summed E-state index contributed by atoms with van der Waals surface area (Å²) in [6.07, 6.45) is 0.448. The molecule has 104 valence electrons. The average molecular weight is 275 g/mol. The van der Waals surface area contributed by atoms with Gasteiger partial charge in [-0.3, -0.25) is 4.79 Å². The number of carboxylic acids is 1. The Morgan fingerprint density at radius 3 is 2.90 bits per heavy atom. The minimum Gasteiger partial charge on any atom is -0.479 e. The van der Waals surface area contributed by atoms with Gasteiger partial charge in [0.2, 0.25) is 0 Å². The summed E-state index contributed by atoms with van der Waals surface area (Å²) in [5.74, 6) is -1.29. The number of fused-ring (bicyclic) bond motifs is 1. The van der Waals surface area contributed by atoms with E-state index in [0.717, 1.165) is 5.39 Å². The van der Waals surface area contributed by atoms with E-state index in [1.165, 1.54) is 11.2 Å². The van der Waals surface area contributed by atoms with E-state index in [0.29, 0.717) is 17.7 Å². The molecule has 1 saturated heterocycles. The fourth-order valence-corrected chi connectivity index (χ4v) is 2.30. The van der Waals surface area contributed by atoms with Gasteiger partial charge in [0, 0.05) is 11.9 Å². The van der Waals surface area contributed by atoms with Crippen LogP contribution in [0.25, 0.3) is 11.0 Å². The second-order valence-electron chi connectivity index (χ2n) is 4.59. The fraction of sp³-hybridized carbons (Fsp3) is 0.286. The lowest BCUT2D eigenvalue weighted by atomic mass is 10.1. The maximum atomic E-state index is 12.5. The number of aliphatic carboxylic acids is 1. The van der Waals surface area contributed by atoms with Gasteiger partial charge in [0.15, 0.2) is 6.10 Å². The summed E-state index contributed by atoms with van der Waals surface area (Å²) in [4.78, 5) is 24.9. The molecule has 1 N–H and O–H groups in total. The highest BCUT2D eigenvalue weighted by atomic mass is 16.5. The van der Waals surface area contributed by atoms with Crippen molar-refractivity contribution in [3.63, 3.8) is 0 Å². The number of hydrogen-bond donors (Lipinski definition) is 1. The van der Waals surface area contributed by atoms with E-state index in [4.69, 9.17) is 14.3 Å². The van der Waals surface area contributed by atoms with Gasteiger partial charge in [-0.25, -0.2) is 4.79 Å². The highest BCUT2D eigenvalue weighted by molar-refractivity contribution is 6.06. The summed E-state index contributed by atoms with van der Waals surface area (Å²) in [7, 11) is 0. The summed E-state index contributed by atoms with van der Waals surface area (Å²) in [5.41, 5.74) is 1.09. The second kappa shape index (κ2) is 4.97. The van der Waals surface area contributed by atoms with Crippen LogP contribution >= 0.6 is 0 Å². The van der Waals surface area contributed by atoms with E-state index in [2.05, 4.69) is 0 Å². The Balaban J connectivity index is 1.87. The maximum absolute atomic E-state index is 12.5. The topological polar surface area (TPSA) is 80.0 Å². The van der Waals surface area contributed by atoms with Gasteiger partial charge in [0.25, 0.3) is 5.91 Å². The van der Waals surface area contributed by atoms with Crippen LogP contribution in [-0.4, -0.2) is 47.7 Å². The fourth-order valence-electron chi connectivity index (χ4n) is 2.30. The predicted molar refractivity (Wildman–Crippen MR) is 69.5 cm³/mol. The lowest BCUT2D eigenvalue weighted by Gasteiger charge is -2.30. The van der Waals surface area contributed by atoms with E-state index in [9.17, 15) is 9.59 Å². The molecular weight excluding hydrogens is 262 g/mol. The van der Waals surface area contributed by atoms with Crippen LogP contribution in [-0.2, 0) is 9.53 Å². The number of ether oxygens (including phenoxy) is 1. The molecule has 1 unspecified atom stereocenters. The Kier molecular flexibility index (Phi) is 3.15. The monoisotopic (exact) mass is 275 g/mol. The lowest BCUT2D eigenvalue weighted by molar-refractivity contribution is -0.154. The van der Waals surface area contributed by atoms with Crippen LogP contribution in [0.1, 0.15) is 10.4 Å². The van der Waals surface area contributed by atoms with E-state index < -0.39 is 12.1 Å². The first-order valence-electron chi connectivity index (χ1n) is 6.27. The molecule has 0 aliphatic carbocycles. The number of benzene rings is 1. The van der Waals surface area contributed by atoms with Gasteiger partial charge < -0.3 is 19.2 Å². The molecule has 6 nitrogen and oxygen atoms in total. The third-order valence-electron chi connectivity index (χ3n) is 3.34. The number of carboxylic acid groups (broad SMARTS) is 1. The summed E-state index contributed by atoms with van der Waals surface area (Å²) in [6, 6.07) is 7.25. The molecule has 0 saturated carbocycles. The Morgan fingerprint density at radius 2 is 2.10 bits per heavy atom. The van der Waals surface area contributed by atoms with Crippen LogP contribution in [0.4, 0.5) is 0 Å². The molecule has 1 aliphatic rings. The van der Waals surface area contributed by atoms with Crippen molar-refractivity contribution < 1.29 is 23.8 Å². The molecular formula is C14H13NO5. The molecule has 3 rings (SSSR count). The Hall–Kier alpha value is -2.34. The lowest BCUT2D eigenvalue weighted by Crippen LogP contribution is -2.48. The first kappa shape index (κ1) is 12.7. The van der Waals surface area contributed by atoms with E-state index in [-0.39, 0.29) is 19.1 Å². The third-order valence-corrected chi connectivity index (χ3v) is 3.34. The molecule has 0 spiro atoms. The molecule has 6 heteroatoms. The molecule has 1 aromatic heterocycles. The van der Waals surface area contributed by atoms with Crippen LogP contribution in [0, 0.1) is 0 Å². The smallest absolute Gasteiger partial charge is 0.334 e. The van der Waals surface area contributed by atoms with E-state index in [1.807, 2.05) is 12.1 Å². The zero-order chi connectivity index (χ0) is 14.1. The van der Waals surface area contributed by atoms with Gasteiger partial charge >= 0.3 is 5.97 Å². The molecule has 2 heterocycles. The van der Waals surface area contributed by atoms with E-state index in [1.54, 1.807) is 12.1 Å². The molecule has 0 bridgehead atoms. The Bertz CT molecular complexity index is 662. The zero-order valence-electron chi connectivity index (χ0n) is 10.6. The molecule has 1 atom stereocenters. The number of nitrogens with zero attached hydrogens (tertiary/aromatic N) is 1. The van der Waals surface area contributed by atoms with Crippen molar-refractivity contribution in [2.24, 2.45) is 0 Å². The van der Waals surface area contributed by atoms with Gasteiger partial charge in [-0.05, 0) is 6.07 Å². The van der Waals surface area contributed by atoms with Gasteiger partial charge in [-0.2, -0.15) is 0 Å². The minimum absolute atomic E-state index is 0.0493. The number of carbonyl (C=O) groups excluding carboxylic acids is 1. The normalized spacial score (nSPS) is 19.2. The van der Waals surface area contributed by atoms with Crippen LogP contribution in [0.5, 0.6) is 0 Å². The summed E-state index contributed by atoms with van der Waals surface area (Å²) < 4.78 is 10.4. The highest BCUT2D eigenvalue weighted by Gasteiger charge is 2.30. The number of furan rings is 1. The van der Waals surface area contributed by atoms with Crippen LogP contribution in [0.2, 0.25) is 0 Å². The molecule has 1 fully saturated rings. The van der Waals surface area contributed by atoms with Crippen molar-refractivity contribution in [2.75, 3.05) is 19.7 Å². The number of para-hydroxylation sites is 1.